The number of para-hydroxylation sites is 2. The Balaban J connectivity index is 0.000000221. The van der Waals surface area contributed by atoms with Gasteiger partial charge < -0.3 is 48.8 Å². The zero-order valence-corrected chi connectivity index (χ0v) is 83.3. The first kappa shape index (κ1) is 105. The molecular weight excluding hydrogens is 2320 g/mol. The molecule has 17 aromatic rings. The van der Waals surface area contributed by atoms with Gasteiger partial charge in [0.05, 0.1) is 54.1 Å². The molecule has 0 amide bonds. The third kappa shape index (κ3) is 31.6. The van der Waals surface area contributed by atoms with Crippen molar-refractivity contribution < 1.29 is 116 Å². The maximum atomic E-state index is 8.56. The van der Waals surface area contributed by atoms with Crippen molar-refractivity contribution in [3.05, 3.63) is 380 Å². The molecule has 0 aliphatic carbocycles. The smallest absolute Gasteiger partial charge is 0.237 e. The standard InChI is InChI=1S/C34H26N3.2C22H18N3.C14H9N2O.3C5H12O2.3Ir.Pt/c1-2-25-13-23-32(24-14-25)37-33(30-19-15-28(16-20-30)26-9-5-3-6-10-26)35-36-34(37)31-21-17-29(18-22-31)27-11-7-4-8-12-27;2*1-16-8-12-18(13-9-16)21-23-24-22(19-14-10-17(2)11-15-19)25(21)20-6-4-3-5-7-20;1-3-7-11(8-4-1)13-15-16-14(17-13)12-9-5-2-6-10-12;3*1-4(6)3-5(2)7;;;;/h3-21,23-24H,2H2,1H3;2*3-14H,1-2H3;1-9H;3*4-7H,3H2,1-2H3;;;;/q4*-1;;;;;;;. The van der Waals surface area contributed by atoms with Crippen molar-refractivity contribution in [2.75, 3.05) is 0 Å². The van der Waals surface area contributed by atoms with Crippen LogP contribution >= 0.6 is 0 Å². The fraction of sp³-hybridized carbons (Fsp3) is 0.196. The normalized spacial score (nSPS) is 11.8. The Bertz CT molecular complexity index is 5500. The molecule has 18 nitrogen and oxygen atoms in total. The van der Waals surface area contributed by atoms with Gasteiger partial charge in [0.25, 0.3) is 0 Å². The van der Waals surface area contributed by atoms with Crippen LogP contribution in [0.25, 0.3) is 131 Å². The molecule has 0 aliphatic heterocycles. The SMILES string of the molecule is CC(O)CC(C)O.CC(O)CC(C)O.CC(O)CC(C)O.CCc1ccc(-n2c(-c3[c-]cc(-c4ccccc4)cc3)nnc2-c2ccc(-c3ccccc3)cc2)cc1.Cc1c[c-]c(-c2nnc(-c3ccc(C)cc3)n2-c2ccccc2)cc1.Cc1c[c-]c(-c2nnc(-c3ccc(C)cc3)n2-c2ccccc2)cc1.[Ir].[Ir].[Ir].[Pt].[c-]1ccccc1-c1nnc(-c2ccccc2)o1. The maximum absolute atomic E-state index is 8.56. The Labute approximate surface area is 812 Å². The molecule has 673 valence electrons. The quantitative estimate of drug-likeness (QED) is 0.0388. The van der Waals surface area contributed by atoms with Crippen LogP contribution < -0.4 is 0 Å². The fourth-order valence-corrected chi connectivity index (χ4v) is 13.2. The molecular formula is C107H107Ir3N11O7Pt-4. The van der Waals surface area contributed by atoms with Crippen molar-refractivity contribution in [1.29, 1.82) is 0 Å². The molecule has 4 heterocycles. The molecule has 0 spiro atoms. The van der Waals surface area contributed by atoms with E-state index in [-0.39, 0.29) is 118 Å². The molecule has 0 fully saturated rings. The van der Waals surface area contributed by atoms with Gasteiger partial charge in [0.15, 0.2) is 23.4 Å². The van der Waals surface area contributed by atoms with Crippen LogP contribution in [0.2, 0.25) is 0 Å². The van der Waals surface area contributed by atoms with Crippen LogP contribution in [-0.4, -0.2) is 122 Å². The number of aryl methyl sites for hydroxylation is 5. The van der Waals surface area contributed by atoms with Gasteiger partial charge in [0.2, 0.25) is 5.89 Å². The van der Waals surface area contributed by atoms with Crippen LogP contribution in [0.4, 0.5) is 0 Å². The van der Waals surface area contributed by atoms with E-state index >= 15 is 0 Å². The minimum Gasteiger partial charge on any atom is -0.464 e. The van der Waals surface area contributed by atoms with Crippen molar-refractivity contribution in [3.8, 4) is 131 Å². The summed E-state index contributed by atoms with van der Waals surface area (Å²) < 4.78 is 11.9. The first-order chi connectivity index (χ1) is 60.5. The number of nitrogens with zero attached hydrogens (tertiary/aromatic N) is 11. The van der Waals surface area contributed by atoms with Crippen LogP contribution in [0.15, 0.2) is 332 Å². The van der Waals surface area contributed by atoms with Crippen molar-refractivity contribution >= 4 is 0 Å². The van der Waals surface area contributed by atoms with Crippen molar-refractivity contribution in [2.24, 2.45) is 0 Å². The number of benzene rings is 13. The molecule has 13 aromatic carbocycles. The van der Waals surface area contributed by atoms with E-state index < -0.39 is 0 Å². The molecule has 22 heteroatoms. The summed E-state index contributed by atoms with van der Waals surface area (Å²) in [5.41, 5.74) is 21.4. The van der Waals surface area contributed by atoms with Crippen LogP contribution in [0.5, 0.6) is 0 Å². The molecule has 0 bridgehead atoms. The Morgan fingerprint density at radius 3 is 0.876 bits per heavy atom. The molecule has 6 atom stereocenters. The Morgan fingerprint density at radius 2 is 0.550 bits per heavy atom. The van der Waals surface area contributed by atoms with Crippen molar-refractivity contribution in [2.45, 2.75) is 138 Å². The van der Waals surface area contributed by atoms with Crippen molar-refractivity contribution in [3.63, 3.8) is 0 Å². The van der Waals surface area contributed by atoms with Gasteiger partial charge in [-0.3, -0.25) is 0 Å². The number of hydrogen-bond acceptors (Lipinski definition) is 15. The molecule has 3 radical (unpaired) electrons. The summed E-state index contributed by atoms with van der Waals surface area (Å²) in [6, 6.07) is 124. The van der Waals surface area contributed by atoms with E-state index in [4.69, 9.17) is 35.1 Å². The number of rotatable bonds is 20. The summed E-state index contributed by atoms with van der Waals surface area (Å²) in [4.78, 5) is 0. The first-order valence-electron chi connectivity index (χ1n) is 41.9. The van der Waals surface area contributed by atoms with E-state index in [1.807, 2.05) is 133 Å². The van der Waals surface area contributed by atoms with Gasteiger partial charge in [-0.2, -0.15) is 20.4 Å². The van der Waals surface area contributed by atoms with Gasteiger partial charge in [0, 0.05) is 121 Å². The summed E-state index contributed by atoms with van der Waals surface area (Å²) in [6.07, 6.45) is 0.165. The van der Waals surface area contributed by atoms with E-state index in [1.165, 1.54) is 44.5 Å². The predicted molar refractivity (Wildman–Crippen MR) is 500 cm³/mol. The second kappa shape index (κ2) is 53.7. The van der Waals surface area contributed by atoms with Gasteiger partial charge in [-0.1, -0.05) is 249 Å². The summed E-state index contributed by atoms with van der Waals surface area (Å²) in [7, 11) is 0. The summed E-state index contributed by atoms with van der Waals surface area (Å²) in [6.45, 7) is 20.4. The number of aliphatic hydroxyl groups excluding tert-OH is 6. The molecule has 4 aromatic heterocycles. The molecule has 0 saturated heterocycles. The fourth-order valence-electron chi connectivity index (χ4n) is 13.2. The molecule has 17 rings (SSSR count). The minimum absolute atomic E-state index is 0. The number of aromatic nitrogens is 11. The third-order valence-corrected chi connectivity index (χ3v) is 19.5. The molecule has 6 N–H and O–H groups in total. The van der Waals surface area contributed by atoms with Gasteiger partial charge in [0.1, 0.15) is 0 Å². The Hall–Kier alpha value is -11.2. The van der Waals surface area contributed by atoms with Gasteiger partial charge in [-0.05, 0) is 146 Å². The predicted octanol–water partition coefficient (Wildman–Crippen LogP) is 21.9. The van der Waals surface area contributed by atoms with Crippen LogP contribution in [0.3, 0.4) is 0 Å². The van der Waals surface area contributed by atoms with Crippen LogP contribution in [-0.2, 0) is 87.8 Å². The number of aliphatic hydroxyl groups is 6. The van der Waals surface area contributed by atoms with E-state index in [0.29, 0.717) is 31.0 Å². The Kier molecular flexibility index (Phi) is 43.7. The molecule has 6 unspecified atom stereocenters. The molecule has 0 aliphatic rings. The largest absolute Gasteiger partial charge is 0.464 e. The van der Waals surface area contributed by atoms with Crippen LogP contribution in [0, 0.1) is 52.0 Å². The third-order valence-electron chi connectivity index (χ3n) is 19.5. The first-order valence-corrected chi connectivity index (χ1v) is 41.9. The zero-order chi connectivity index (χ0) is 88.6. The van der Waals surface area contributed by atoms with E-state index in [9.17, 15) is 0 Å². The summed E-state index contributed by atoms with van der Waals surface area (Å²) in [5, 5.41) is 86.6. The van der Waals surface area contributed by atoms with Crippen LogP contribution in [0.1, 0.15) is 95.5 Å². The zero-order valence-electron chi connectivity index (χ0n) is 73.8. The second-order valence-electron chi connectivity index (χ2n) is 30.7. The summed E-state index contributed by atoms with van der Waals surface area (Å²) >= 11 is 0. The van der Waals surface area contributed by atoms with Gasteiger partial charge >= 0.3 is 0 Å². The topological polar surface area (TPSA) is 252 Å². The molecule has 0 saturated carbocycles. The minimum atomic E-state index is -0.375. The Morgan fingerprint density at radius 1 is 0.264 bits per heavy atom. The second-order valence-corrected chi connectivity index (χ2v) is 30.7. The van der Waals surface area contributed by atoms with Crippen molar-refractivity contribution in [1.82, 2.24) is 54.5 Å². The average Bonchev–Trinajstić information content (AvgIpc) is 1.64. The maximum Gasteiger partial charge on any atom is 0.237 e. The monoisotopic (exact) mass is 2430 g/mol. The van der Waals surface area contributed by atoms with E-state index in [2.05, 4.69) is 307 Å². The van der Waals surface area contributed by atoms with E-state index in [1.54, 1.807) is 41.5 Å². The van der Waals surface area contributed by atoms with Gasteiger partial charge in [-0.15, -0.1) is 151 Å². The van der Waals surface area contributed by atoms with Gasteiger partial charge in [-0.25, -0.2) is 0 Å². The number of hydrogen-bond donors (Lipinski definition) is 6. The molecule has 129 heavy (non-hydrogen) atoms. The average molecular weight is 2430 g/mol. The van der Waals surface area contributed by atoms with E-state index in [0.717, 1.165) is 109 Å². The summed E-state index contributed by atoms with van der Waals surface area (Å²) in [5.74, 6) is 5.83.